The number of aromatic nitrogens is 1. The summed E-state index contributed by atoms with van der Waals surface area (Å²) >= 11 is 0. The maximum absolute atomic E-state index is 7.64. The highest BCUT2D eigenvalue weighted by atomic mass is 14.7. The van der Waals surface area contributed by atoms with Crippen LogP contribution in [0.4, 0.5) is 5.69 Å². The van der Waals surface area contributed by atoms with E-state index < -0.39 is 0 Å². The fourth-order valence-electron chi connectivity index (χ4n) is 4.71. The first-order chi connectivity index (χ1) is 14.1. The highest BCUT2D eigenvalue weighted by Gasteiger charge is 2.39. The topological polar surface area (TPSA) is 17.2 Å². The largest absolute Gasteiger partial charge is 0.264 e. The molecule has 1 aromatic heterocycles. The summed E-state index contributed by atoms with van der Waals surface area (Å²) in [5, 5.41) is 0. The van der Waals surface area contributed by atoms with Gasteiger partial charge in [0.05, 0.1) is 6.57 Å². The van der Waals surface area contributed by atoms with Crippen molar-refractivity contribution < 1.29 is 0 Å². The summed E-state index contributed by atoms with van der Waals surface area (Å²) in [4.78, 5) is 8.04. The van der Waals surface area contributed by atoms with E-state index in [1.807, 2.05) is 24.4 Å². The summed E-state index contributed by atoms with van der Waals surface area (Å²) in [6, 6.07) is 25.3. The van der Waals surface area contributed by atoms with Crippen LogP contribution in [0.15, 0.2) is 85.2 Å². The second kappa shape index (κ2) is 6.43. The highest BCUT2D eigenvalue weighted by molar-refractivity contribution is 5.91. The van der Waals surface area contributed by atoms with Crippen molar-refractivity contribution >= 4 is 5.69 Å². The van der Waals surface area contributed by atoms with E-state index in [4.69, 9.17) is 6.57 Å². The third-order valence-electron chi connectivity index (χ3n) is 5.96. The molecule has 0 bridgehead atoms. The zero-order chi connectivity index (χ0) is 20.0. The monoisotopic (exact) mass is 372 g/mol. The first kappa shape index (κ1) is 17.4. The van der Waals surface area contributed by atoms with E-state index in [2.05, 4.69) is 78.3 Å². The Hall–Kier alpha value is -3.70. The molecule has 5 rings (SSSR count). The Balaban J connectivity index is 1.67. The van der Waals surface area contributed by atoms with Crippen LogP contribution in [0, 0.1) is 6.57 Å². The smallest absolute Gasteiger partial charge is 0.191 e. The first-order valence-electron chi connectivity index (χ1n) is 9.77. The van der Waals surface area contributed by atoms with Gasteiger partial charge in [0.1, 0.15) is 0 Å². The zero-order valence-electron chi connectivity index (χ0n) is 16.5. The number of hydrogen-bond acceptors (Lipinski definition) is 1. The van der Waals surface area contributed by atoms with Gasteiger partial charge in [-0.25, -0.2) is 4.85 Å². The van der Waals surface area contributed by atoms with Crippen molar-refractivity contribution in [2.75, 3.05) is 0 Å². The van der Waals surface area contributed by atoms with Crippen LogP contribution in [0.2, 0.25) is 0 Å². The van der Waals surface area contributed by atoms with Crippen LogP contribution in [0.5, 0.6) is 0 Å². The SMILES string of the molecule is [C-]#[N+]c1cccc2c1C(C)(C)c1c(-c3ccc(-c4cccnc4)cc3)cccc1-2. The summed E-state index contributed by atoms with van der Waals surface area (Å²) < 4.78 is 0. The fraction of sp³-hybridized carbons (Fsp3) is 0.111. The molecule has 0 fully saturated rings. The van der Waals surface area contributed by atoms with Crippen molar-refractivity contribution in [1.29, 1.82) is 0 Å². The number of nitrogens with zero attached hydrogens (tertiary/aromatic N) is 2. The quantitative estimate of drug-likeness (QED) is 0.338. The van der Waals surface area contributed by atoms with E-state index in [-0.39, 0.29) is 5.41 Å². The van der Waals surface area contributed by atoms with Gasteiger partial charge in [0.25, 0.3) is 0 Å². The molecule has 0 atom stereocenters. The lowest BCUT2D eigenvalue weighted by Crippen LogP contribution is -2.16. The van der Waals surface area contributed by atoms with E-state index in [0.717, 1.165) is 22.4 Å². The number of hydrogen-bond donors (Lipinski definition) is 0. The van der Waals surface area contributed by atoms with E-state index in [0.29, 0.717) is 0 Å². The predicted molar refractivity (Wildman–Crippen MR) is 119 cm³/mol. The Morgan fingerprint density at radius 1 is 0.690 bits per heavy atom. The van der Waals surface area contributed by atoms with Gasteiger partial charge in [-0.1, -0.05) is 80.6 Å². The summed E-state index contributed by atoms with van der Waals surface area (Å²) in [5.41, 5.74) is 10.1. The lowest BCUT2D eigenvalue weighted by molar-refractivity contribution is 0.665. The number of fused-ring (bicyclic) bond motifs is 3. The van der Waals surface area contributed by atoms with Crippen molar-refractivity contribution in [3.8, 4) is 33.4 Å². The van der Waals surface area contributed by atoms with Gasteiger partial charge in [-0.3, -0.25) is 4.98 Å². The molecule has 2 nitrogen and oxygen atoms in total. The van der Waals surface area contributed by atoms with Crippen LogP contribution >= 0.6 is 0 Å². The van der Waals surface area contributed by atoms with Gasteiger partial charge in [-0.15, -0.1) is 0 Å². The first-order valence-corrected chi connectivity index (χ1v) is 9.77. The maximum Gasteiger partial charge on any atom is 0.191 e. The number of pyridine rings is 1. The second-order valence-electron chi connectivity index (χ2n) is 7.98. The molecule has 0 unspecified atom stereocenters. The zero-order valence-corrected chi connectivity index (χ0v) is 16.5. The Morgan fingerprint density at radius 2 is 1.34 bits per heavy atom. The van der Waals surface area contributed by atoms with Crippen molar-refractivity contribution in [3.63, 3.8) is 0 Å². The Bertz CT molecular complexity index is 1260. The van der Waals surface area contributed by atoms with Crippen molar-refractivity contribution in [3.05, 3.63) is 108 Å². The molecule has 0 N–H and O–H groups in total. The molecule has 3 aromatic carbocycles. The maximum atomic E-state index is 7.64. The second-order valence-corrected chi connectivity index (χ2v) is 7.98. The van der Waals surface area contributed by atoms with Crippen molar-refractivity contribution in [1.82, 2.24) is 4.98 Å². The van der Waals surface area contributed by atoms with Crippen LogP contribution in [-0.2, 0) is 5.41 Å². The molecule has 0 radical (unpaired) electrons. The van der Waals surface area contributed by atoms with E-state index in [1.165, 1.54) is 27.8 Å². The molecule has 0 spiro atoms. The van der Waals surface area contributed by atoms with Gasteiger partial charge in [0.2, 0.25) is 0 Å². The van der Waals surface area contributed by atoms with Gasteiger partial charge in [0, 0.05) is 17.8 Å². The molecule has 4 aromatic rings. The molecular formula is C27H20N2. The van der Waals surface area contributed by atoms with Gasteiger partial charge >= 0.3 is 0 Å². The molecule has 1 heterocycles. The minimum atomic E-state index is -0.218. The molecule has 2 heteroatoms. The molecule has 1 aliphatic rings. The summed E-state index contributed by atoms with van der Waals surface area (Å²) in [7, 11) is 0. The van der Waals surface area contributed by atoms with E-state index in [9.17, 15) is 0 Å². The number of benzene rings is 3. The van der Waals surface area contributed by atoms with Gasteiger partial charge in [0.15, 0.2) is 5.69 Å². The number of rotatable bonds is 2. The van der Waals surface area contributed by atoms with Crippen LogP contribution in [0.3, 0.4) is 0 Å². The Labute approximate surface area is 171 Å². The summed E-state index contributed by atoms with van der Waals surface area (Å²) in [6.07, 6.45) is 3.68. The lowest BCUT2D eigenvalue weighted by Gasteiger charge is -2.25. The molecule has 0 amide bonds. The van der Waals surface area contributed by atoms with Gasteiger partial charge in [-0.2, -0.15) is 0 Å². The predicted octanol–water partition coefficient (Wildman–Crippen LogP) is 7.27. The van der Waals surface area contributed by atoms with Gasteiger partial charge < -0.3 is 0 Å². The summed E-state index contributed by atoms with van der Waals surface area (Å²) in [6.45, 7) is 12.1. The average molecular weight is 372 g/mol. The van der Waals surface area contributed by atoms with Crippen molar-refractivity contribution in [2.24, 2.45) is 0 Å². The fourth-order valence-corrected chi connectivity index (χ4v) is 4.71. The lowest BCUT2D eigenvalue weighted by atomic mass is 9.78. The molecule has 0 aliphatic heterocycles. The third kappa shape index (κ3) is 2.59. The molecule has 0 saturated carbocycles. The Kier molecular flexibility index (Phi) is 3.86. The molecule has 0 saturated heterocycles. The van der Waals surface area contributed by atoms with Crippen LogP contribution in [0.25, 0.3) is 38.2 Å². The highest BCUT2D eigenvalue weighted by Crippen LogP contribution is 2.54. The molecular weight excluding hydrogens is 352 g/mol. The molecule has 29 heavy (non-hydrogen) atoms. The standard InChI is InChI=1S/C27H20N2/c1-27(2)25-21(19-14-12-18(13-15-19)20-7-6-16-29-17-20)8-4-9-22(25)23-10-5-11-24(28-3)26(23)27/h4-17H,1-2H3. The molecule has 1 aliphatic carbocycles. The van der Waals surface area contributed by atoms with Crippen LogP contribution in [-0.4, -0.2) is 4.98 Å². The van der Waals surface area contributed by atoms with Gasteiger partial charge in [-0.05, 0) is 50.6 Å². The Morgan fingerprint density at radius 3 is 2.03 bits per heavy atom. The normalized spacial score (nSPS) is 13.4. The average Bonchev–Trinajstić information content (AvgIpc) is 3.02. The van der Waals surface area contributed by atoms with Crippen LogP contribution in [0.1, 0.15) is 25.0 Å². The van der Waals surface area contributed by atoms with Crippen molar-refractivity contribution in [2.45, 2.75) is 19.3 Å². The van der Waals surface area contributed by atoms with Crippen LogP contribution < -0.4 is 0 Å². The third-order valence-corrected chi connectivity index (χ3v) is 5.96. The summed E-state index contributed by atoms with van der Waals surface area (Å²) in [5.74, 6) is 0. The molecule has 138 valence electrons. The van der Waals surface area contributed by atoms with E-state index in [1.54, 1.807) is 6.20 Å². The minimum Gasteiger partial charge on any atom is -0.264 e. The van der Waals surface area contributed by atoms with E-state index >= 15 is 0 Å². The minimum absolute atomic E-state index is 0.218.